The standard InChI is InChI=1S/C25H32N2OS/c1-3-5-9-19-13-12-18-17-22(29-23-11-7-8-16-28-23)21-15-14-20(10-6-4-2)27-25(21)24(18)26-19/h12-15,17,23H,3-11,16H2,1-2H3. The second-order valence-corrected chi connectivity index (χ2v) is 9.27. The molecule has 0 bridgehead atoms. The van der Waals surface area contributed by atoms with Gasteiger partial charge in [0.15, 0.2) is 0 Å². The number of unbranched alkanes of at least 4 members (excludes halogenated alkanes) is 2. The molecule has 1 aliphatic heterocycles. The van der Waals surface area contributed by atoms with Crippen LogP contribution < -0.4 is 0 Å². The fraction of sp³-hybridized carbons (Fsp3) is 0.520. The van der Waals surface area contributed by atoms with Crippen LogP contribution in [0.25, 0.3) is 21.8 Å². The van der Waals surface area contributed by atoms with Gasteiger partial charge in [-0.1, -0.05) is 44.5 Å². The summed E-state index contributed by atoms with van der Waals surface area (Å²) in [5, 5.41) is 2.41. The van der Waals surface area contributed by atoms with Crippen molar-refractivity contribution in [2.24, 2.45) is 0 Å². The lowest BCUT2D eigenvalue weighted by atomic mass is 10.1. The maximum Gasteiger partial charge on any atom is 0.107 e. The van der Waals surface area contributed by atoms with E-state index in [0.29, 0.717) is 0 Å². The molecule has 1 aliphatic rings. The molecule has 0 radical (unpaired) electrons. The monoisotopic (exact) mass is 408 g/mol. The number of thioether (sulfide) groups is 1. The number of hydrogen-bond donors (Lipinski definition) is 0. The van der Waals surface area contributed by atoms with Gasteiger partial charge < -0.3 is 4.74 Å². The maximum absolute atomic E-state index is 6.01. The number of ether oxygens (including phenoxy) is 1. The van der Waals surface area contributed by atoms with E-state index in [9.17, 15) is 0 Å². The Kier molecular flexibility index (Phi) is 7.04. The summed E-state index contributed by atoms with van der Waals surface area (Å²) in [5.74, 6) is 0. The highest BCUT2D eigenvalue weighted by atomic mass is 32.2. The van der Waals surface area contributed by atoms with Crippen molar-refractivity contribution >= 4 is 33.6 Å². The van der Waals surface area contributed by atoms with Crippen LogP contribution in [0, 0.1) is 0 Å². The fourth-order valence-corrected chi connectivity index (χ4v) is 5.17. The predicted molar refractivity (Wildman–Crippen MR) is 124 cm³/mol. The van der Waals surface area contributed by atoms with Crippen molar-refractivity contribution in [3.8, 4) is 0 Å². The predicted octanol–water partition coefficient (Wildman–Crippen LogP) is 7.09. The number of rotatable bonds is 8. The SMILES string of the molecule is CCCCc1ccc2cc(SC3CCCCO3)c3ccc(CCCC)nc3c2n1. The Morgan fingerprint density at radius 1 is 0.931 bits per heavy atom. The van der Waals surface area contributed by atoms with Gasteiger partial charge in [-0.2, -0.15) is 0 Å². The van der Waals surface area contributed by atoms with Crippen LogP contribution in [0.5, 0.6) is 0 Å². The maximum atomic E-state index is 6.01. The summed E-state index contributed by atoms with van der Waals surface area (Å²) in [6.07, 6.45) is 10.4. The minimum Gasteiger partial charge on any atom is -0.367 e. The number of benzene rings is 1. The van der Waals surface area contributed by atoms with Crippen LogP contribution in [-0.2, 0) is 17.6 Å². The van der Waals surface area contributed by atoms with Gasteiger partial charge in [-0.25, -0.2) is 0 Å². The highest BCUT2D eigenvalue weighted by Gasteiger charge is 2.18. The Labute approximate surface area is 178 Å². The van der Waals surface area contributed by atoms with Gasteiger partial charge in [-0.05, 0) is 69.2 Å². The summed E-state index contributed by atoms with van der Waals surface area (Å²) in [6, 6.07) is 11.2. The molecule has 0 N–H and O–H groups in total. The molecule has 29 heavy (non-hydrogen) atoms. The van der Waals surface area contributed by atoms with E-state index in [4.69, 9.17) is 14.7 Å². The third kappa shape index (κ3) is 4.92. The quantitative estimate of drug-likeness (QED) is 0.373. The first-order chi connectivity index (χ1) is 14.3. The summed E-state index contributed by atoms with van der Waals surface area (Å²) in [7, 11) is 0. The molecule has 1 saturated heterocycles. The summed E-state index contributed by atoms with van der Waals surface area (Å²) < 4.78 is 6.01. The van der Waals surface area contributed by atoms with E-state index in [1.807, 2.05) is 11.8 Å². The van der Waals surface area contributed by atoms with Crippen molar-refractivity contribution in [1.82, 2.24) is 9.97 Å². The van der Waals surface area contributed by atoms with E-state index in [-0.39, 0.29) is 5.44 Å². The molecule has 0 amide bonds. The Balaban J connectivity index is 1.79. The summed E-state index contributed by atoms with van der Waals surface area (Å²) in [6.45, 7) is 5.34. The molecule has 0 aliphatic carbocycles. The molecule has 154 valence electrons. The van der Waals surface area contributed by atoms with Crippen molar-refractivity contribution in [2.75, 3.05) is 6.61 Å². The third-order valence-corrected chi connectivity index (χ3v) is 6.91. The smallest absolute Gasteiger partial charge is 0.107 e. The molecule has 1 aromatic carbocycles. The average Bonchev–Trinajstić information content (AvgIpc) is 2.77. The number of nitrogens with zero attached hydrogens (tertiary/aromatic N) is 2. The lowest BCUT2D eigenvalue weighted by Gasteiger charge is -2.22. The van der Waals surface area contributed by atoms with Gasteiger partial charge in [0.25, 0.3) is 0 Å². The molecule has 3 nitrogen and oxygen atoms in total. The number of fused-ring (bicyclic) bond motifs is 3. The minimum absolute atomic E-state index is 0.251. The zero-order valence-corrected chi connectivity index (χ0v) is 18.6. The van der Waals surface area contributed by atoms with E-state index in [1.165, 1.54) is 65.6 Å². The Hall–Kier alpha value is -1.65. The zero-order chi connectivity index (χ0) is 20.1. The molecule has 3 aromatic rings. The molecule has 0 saturated carbocycles. The van der Waals surface area contributed by atoms with Gasteiger partial charge in [0, 0.05) is 33.7 Å². The second kappa shape index (κ2) is 9.90. The van der Waals surface area contributed by atoms with Crippen LogP contribution in [-0.4, -0.2) is 22.0 Å². The van der Waals surface area contributed by atoms with Gasteiger partial charge in [-0.3, -0.25) is 9.97 Å². The molecule has 4 rings (SSSR count). The van der Waals surface area contributed by atoms with Crippen LogP contribution in [0.4, 0.5) is 0 Å². The lowest BCUT2D eigenvalue weighted by Crippen LogP contribution is -2.15. The Morgan fingerprint density at radius 2 is 1.66 bits per heavy atom. The van der Waals surface area contributed by atoms with Crippen LogP contribution in [0.2, 0.25) is 0 Å². The molecule has 1 fully saturated rings. The summed E-state index contributed by atoms with van der Waals surface area (Å²) in [5.41, 5.74) is 4.73. The molecule has 0 spiro atoms. The lowest BCUT2D eigenvalue weighted by molar-refractivity contribution is 0.0728. The van der Waals surface area contributed by atoms with Crippen LogP contribution >= 0.6 is 11.8 Å². The van der Waals surface area contributed by atoms with Gasteiger partial charge in [-0.15, -0.1) is 0 Å². The molecular weight excluding hydrogens is 376 g/mol. The van der Waals surface area contributed by atoms with Crippen LogP contribution in [0.3, 0.4) is 0 Å². The minimum atomic E-state index is 0.251. The van der Waals surface area contributed by atoms with Crippen molar-refractivity contribution in [3.05, 3.63) is 41.7 Å². The summed E-state index contributed by atoms with van der Waals surface area (Å²) >= 11 is 1.86. The first kappa shape index (κ1) is 20.6. The highest BCUT2D eigenvalue weighted by molar-refractivity contribution is 8.00. The molecule has 1 unspecified atom stereocenters. The van der Waals surface area contributed by atoms with E-state index in [0.717, 1.165) is 36.9 Å². The van der Waals surface area contributed by atoms with Crippen molar-refractivity contribution in [1.29, 1.82) is 0 Å². The third-order valence-electron chi connectivity index (χ3n) is 5.68. The van der Waals surface area contributed by atoms with E-state index >= 15 is 0 Å². The van der Waals surface area contributed by atoms with Gasteiger partial charge in [0.2, 0.25) is 0 Å². The van der Waals surface area contributed by atoms with Crippen molar-refractivity contribution in [3.63, 3.8) is 0 Å². The number of hydrogen-bond acceptors (Lipinski definition) is 4. The number of aromatic nitrogens is 2. The number of aryl methyl sites for hydroxylation is 2. The molecule has 1 atom stereocenters. The first-order valence-electron chi connectivity index (χ1n) is 11.3. The van der Waals surface area contributed by atoms with E-state index < -0.39 is 0 Å². The summed E-state index contributed by atoms with van der Waals surface area (Å²) in [4.78, 5) is 11.4. The van der Waals surface area contributed by atoms with Gasteiger partial charge >= 0.3 is 0 Å². The van der Waals surface area contributed by atoms with E-state index in [1.54, 1.807) is 0 Å². The molecule has 4 heteroatoms. The van der Waals surface area contributed by atoms with Crippen molar-refractivity contribution < 1.29 is 4.74 Å². The first-order valence-corrected chi connectivity index (χ1v) is 12.2. The Bertz CT molecular complexity index is 966. The normalized spacial score (nSPS) is 17.2. The zero-order valence-electron chi connectivity index (χ0n) is 17.7. The van der Waals surface area contributed by atoms with Crippen LogP contribution in [0.15, 0.2) is 35.2 Å². The highest BCUT2D eigenvalue weighted by Crippen LogP contribution is 2.38. The molecular formula is C25H32N2OS. The second-order valence-electron chi connectivity index (χ2n) is 8.07. The number of pyridine rings is 2. The van der Waals surface area contributed by atoms with E-state index in [2.05, 4.69) is 44.2 Å². The van der Waals surface area contributed by atoms with Gasteiger partial charge in [0.1, 0.15) is 5.44 Å². The molecule has 3 heterocycles. The largest absolute Gasteiger partial charge is 0.367 e. The van der Waals surface area contributed by atoms with Crippen LogP contribution in [0.1, 0.15) is 70.2 Å². The van der Waals surface area contributed by atoms with Crippen molar-refractivity contribution in [2.45, 2.75) is 82.0 Å². The Morgan fingerprint density at radius 3 is 2.34 bits per heavy atom. The average molecular weight is 409 g/mol. The topological polar surface area (TPSA) is 35.0 Å². The fourth-order valence-electron chi connectivity index (χ4n) is 3.95. The van der Waals surface area contributed by atoms with Gasteiger partial charge in [0.05, 0.1) is 11.0 Å². The molecule has 2 aromatic heterocycles.